The van der Waals surface area contributed by atoms with Crippen LogP contribution >= 0.6 is 23.4 Å². The Morgan fingerprint density at radius 1 is 1.00 bits per heavy atom. The standard InChI is InChI=1S/C21H15ClO4S2/c1-2-26-13-6-5-7-14(12-13)27-17-11-10-16-20(23)15-8-3-4-9-18(15)28(24,25)21(16)19(17)22/h3-12H,2H2,1H3. The fourth-order valence-electron chi connectivity index (χ4n) is 3.12. The fraction of sp³-hybridized carbons (Fsp3) is 0.0952. The molecule has 0 fully saturated rings. The number of hydrogen-bond donors (Lipinski definition) is 0. The number of fused-ring (bicyclic) bond motifs is 2. The van der Waals surface area contributed by atoms with Crippen molar-refractivity contribution in [2.75, 3.05) is 6.61 Å². The summed E-state index contributed by atoms with van der Waals surface area (Å²) in [4.78, 5) is 14.1. The van der Waals surface area contributed by atoms with E-state index < -0.39 is 9.84 Å². The Morgan fingerprint density at radius 2 is 1.79 bits per heavy atom. The van der Waals surface area contributed by atoms with Gasteiger partial charge in [0.2, 0.25) is 9.84 Å². The molecule has 0 aliphatic carbocycles. The second-order valence-electron chi connectivity index (χ2n) is 6.09. The van der Waals surface area contributed by atoms with E-state index >= 15 is 0 Å². The summed E-state index contributed by atoms with van der Waals surface area (Å²) < 4.78 is 31.8. The lowest BCUT2D eigenvalue weighted by Crippen LogP contribution is -2.20. The van der Waals surface area contributed by atoms with Crippen molar-refractivity contribution in [2.24, 2.45) is 0 Å². The molecule has 0 amide bonds. The highest BCUT2D eigenvalue weighted by molar-refractivity contribution is 7.99. The summed E-state index contributed by atoms with van der Waals surface area (Å²) in [6.07, 6.45) is 0. The summed E-state index contributed by atoms with van der Waals surface area (Å²) in [5.74, 6) is 0.385. The van der Waals surface area contributed by atoms with E-state index in [0.717, 1.165) is 10.6 Å². The van der Waals surface area contributed by atoms with Gasteiger partial charge in [0.25, 0.3) is 0 Å². The number of rotatable bonds is 4. The molecule has 1 aliphatic rings. The van der Waals surface area contributed by atoms with Gasteiger partial charge in [0.1, 0.15) is 10.6 Å². The van der Waals surface area contributed by atoms with E-state index in [0.29, 0.717) is 11.5 Å². The summed E-state index contributed by atoms with van der Waals surface area (Å²) >= 11 is 7.83. The van der Waals surface area contributed by atoms with Gasteiger partial charge in [-0.25, -0.2) is 8.42 Å². The van der Waals surface area contributed by atoms with E-state index in [4.69, 9.17) is 16.3 Å². The van der Waals surface area contributed by atoms with Gasteiger partial charge in [-0.3, -0.25) is 4.79 Å². The Morgan fingerprint density at radius 3 is 2.57 bits per heavy atom. The van der Waals surface area contributed by atoms with E-state index in [1.807, 2.05) is 31.2 Å². The zero-order chi connectivity index (χ0) is 19.9. The van der Waals surface area contributed by atoms with Crippen molar-refractivity contribution in [2.45, 2.75) is 26.5 Å². The fourth-order valence-corrected chi connectivity index (χ4v) is 6.40. The summed E-state index contributed by atoms with van der Waals surface area (Å²) in [7, 11) is -3.89. The van der Waals surface area contributed by atoms with Crippen LogP contribution in [0.5, 0.6) is 5.75 Å². The molecule has 0 spiro atoms. The molecule has 4 rings (SSSR count). The van der Waals surface area contributed by atoms with Crippen molar-refractivity contribution < 1.29 is 17.9 Å². The first-order valence-corrected chi connectivity index (χ1v) is 11.2. The monoisotopic (exact) mass is 430 g/mol. The minimum Gasteiger partial charge on any atom is -0.494 e. The van der Waals surface area contributed by atoms with Crippen LogP contribution in [-0.2, 0) is 9.84 Å². The smallest absolute Gasteiger partial charge is 0.209 e. The molecule has 0 radical (unpaired) electrons. The van der Waals surface area contributed by atoms with Crippen molar-refractivity contribution >= 4 is 39.0 Å². The van der Waals surface area contributed by atoms with Crippen LogP contribution < -0.4 is 4.74 Å². The lowest BCUT2D eigenvalue weighted by atomic mass is 10.0. The van der Waals surface area contributed by atoms with Gasteiger partial charge in [-0.2, -0.15) is 0 Å². The molecule has 0 unspecified atom stereocenters. The molecule has 0 N–H and O–H groups in total. The number of benzene rings is 3. The van der Waals surface area contributed by atoms with Gasteiger partial charge in [-0.15, -0.1) is 0 Å². The molecule has 7 heteroatoms. The molecule has 3 aromatic carbocycles. The Kier molecular flexibility index (Phi) is 4.95. The highest BCUT2D eigenvalue weighted by atomic mass is 35.5. The van der Waals surface area contributed by atoms with Crippen molar-refractivity contribution in [3.05, 3.63) is 76.8 Å². The Labute approximate surface area is 172 Å². The van der Waals surface area contributed by atoms with Crippen LogP contribution in [0.25, 0.3) is 0 Å². The summed E-state index contributed by atoms with van der Waals surface area (Å²) in [5, 5.41) is 0.0622. The maximum atomic E-state index is 13.1. The van der Waals surface area contributed by atoms with E-state index in [2.05, 4.69) is 0 Å². The van der Waals surface area contributed by atoms with Crippen LogP contribution in [0, 0.1) is 0 Å². The summed E-state index contributed by atoms with van der Waals surface area (Å²) in [6, 6.07) is 16.9. The molecular weight excluding hydrogens is 416 g/mol. The van der Waals surface area contributed by atoms with Crippen molar-refractivity contribution in [1.82, 2.24) is 0 Å². The number of carbonyl (C=O) groups excluding carboxylic acids is 1. The summed E-state index contributed by atoms with van der Waals surface area (Å²) in [6.45, 7) is 2.45. The van der Waals surface area contributed by atoms with Gasteiger partial charge in [-0.1, -0.05) is 41.6 Å². The molecule has 4 nitrogen and oxygen atoms in total. The maximum Gasteiger partial charge on any atom is 0.209 e. The van der Waals surface area contributed by atoms with Crippen LogP contribution in [0.1, 0.15) is 22.8 Å². The normalized spacial score (nSPS) is 14.3. The minimum absolute atomic E-state index is 0.00473. The number of halogens is 1. The summed E-state index contributed by atoms with van der Waals surface area (Å²) in [5.41, 5.74) is 0.284. The maximum absolute atomic E-state index is 13.1. The first-order chi connectivity index (χ1) is 13.4. The van der Waals surface area contributed by atoms with Gasteiger partial charge in [-0.05, 0) is 49.4 Å². The largest absolute Gasteiger partial charge is 0.494 e. The SMILES string of the molecule is CCOc1cccc(Sc2ccc3c(c2Cl)S(=O)(=O)c2ccccc2C3=O)c1. The predicted molar refractivity (Wildman–Crippen MR) is 109 cm³/mol. The lowest BCUT2D eigenvalue weighted by Gasteiger charge is -2.21. The molecule has 0 saturated carbocycles. The molecule has 142 valence electrons. The molecule has 0 aromatic heterocycles. The average molecular weight is 431 g/mol. The van der Waals surface area contributed by atoms with E-state index in [-0.39, 0.29) is 31.7 Å². The van der Waals surface area contributed by atoms with Gasteiger partial charge >= 0.3 is 0 Å². The Bertz CT molecular complexity index is 1200. The average Bonchev–Trinajstić information content (AvgIpc) is 2.68. The van der Waals surface area contributed by atoms with E-state index in [9.17, 15) is 13.2 Å². The number of hydrogen-bond acceptors (Lipinski definition) is 5. The Balaban J connectivity index is 1.82. The quantitative estimate of drug-likeness (QED) is 0.441. The highest BCUT2D eigenvalue weighted by Gasteiger charge is 2.37. The Hall–Kier alpha value is -2.28. The van der Waals surface area contributed by atoms with Crippen LogP contribution in [-0.4, -0.2) is 20.8 Å². The zero-order valence-corrected chi connectivity index (χ0v) is 17.2. The van der Waals surface area contributed by atoms with Crippen molar-refractivity contribution in [3.8, 4) is 5.75 Å². The molecule has 0 atom stereocenters. The number of ketones is 1. The van der Waals surface area contributed by atoms with Gasteiger partial charge in [0.05, 0.1) is 16.5 Å². The third-order valence-electron chi connectivity index (χ3n) is 4.34. The van der Waals surface area contributed by atoms with Crippen molar-refractivity contribution in [3.63, 3.8) is 0 Å². The molecular formula is C21H15ClO4S2. The first kappa shape index (κ1) is 19.1. The second kappa shape index (κ2) is 7.28. The predicted octanol–water partition coefficient (Wildman–Crippen LogP) is 5.27. The third-order valence-corrected chi connectivity index (χ3v) is 7.90. The first-order valence-electron chi connectivity index (χ1n) is 8.55. The molecule has 1 heterocycles. The third kappa shape index (κ3) is 3.11. The van der Waals surface area contributed by atoms with Gasteiger partial charge in [0, 0.05) is 20.9 Å². The van der Waals surface area contributed by atoms with Crippen LogP contribution in [0.3, 0.4) is 0 Å². The number of ether oxygens (including phenoxy) is 1. The number of sulfone groups is 1. The zero-order valence-electron chi connectivity index (χ0n) is 14.8. The molecule has 0 bridgehead atoms. The van der Waals surface area contributed by atoms with E-state index in [1.165, 1.54) is 30.0 Å². The van der Waals surface area contributed by atoms with E-state index in [1.54, 1.807) is 18.2 Å². The molecule has 1 aliphatic heterocycles. The highest BCUT2D eigenvalue weighted by Crippen LogP contribution is 2.44. The topological polar surface area (TPSA) is 60.4 Å². The van der Waals surface area contributed by atoms with Crippen LogP contribution in [0.2, 0.25) is 5.02 Å². The molecule has 3 aromatic rings. The van der Waals surface area contributed by atoms with Crippen LogP contribution in [0.15, 0.2) is 80.2 Å². The van der Waals surface area contributed by atoms with Gasteiger partial charge < -0.3 is 4.74 Å². The van der Waals surface area contributed by atoms with Crippen LogP contribution in [0.4, 0.5) is 0 Å². The number of carbonyl (C=O) groups is 1. The minimum atomic E-state index is -3.89. The molecule has 28 heavy (non-hydrogen) atoms. The lowest BCUT2D eigenvalue weighted by molar-refractivity contribution is 0.103. The second-order valence-corrected chi connectivity index (χ2v) is 9.44. The molecule has 0 saturated heterocycles. The van der Waals surface area contributed by atoms with Gasteiger partial charge in [0.15, 0.2) is 5.78 Å². The van der Waals surface area contributed by atoms with Crippen molar-refractivity contribution in [1.29, 1.82) is 0 Å².